The number of rotatable bonds is 1. The molecule has 0 amide bonds. The number of hydrogen-bond acceptors (Lipinski definition) is 1. The van der Waals surface area contributed by atoms with Gasteiger partial charge in [-0.25, -0.2) is 4.39 Å². The van der Waals surface area contributed by atoms with Crippen LogP contribution in [0.1, 0.15) is 5.56 Å². The van der Waals surface area contributed by atoms with Gasteiger partial charge >= 0.3 is 6.18 Å². The van der Waals surface area contributed by atoms with Crippen molar-refractivity contribution in [2.24, 2.45) is 0 Å². The van der Waals surface area contributed by atoms with Crippen molar-refractivity contribution in [1.29, 1.82) is 0 Å². The van der Waals surface area contributed by atoms with Gasteiger partial charge in [-0.05, 0) is 23.8 Å². The van der Waals surface area contributed by atoms with Crippen molar-refractivity contribution in [3.63, 3.8) is 0 Å². The van der Waals surface area contributed by atoms with Crippen LogP contribution in [0.2, 0.25) is 0 Å². The number of halogens is 4. The van der Waals surface area contributed by atoms with Crippen LogP contribution in [0.3, 0.4) is 0 Å². The molecule has 0 spiro atoms. The van der Waals surface area contributed by atoms with Gasteiger partial charge in [0.05, 0.1) is 5.56 Å². The molecule has 0 atom stereocenters. The molecule has 1 heterocycles. The van der Waals surface area contributed by atoms with Crippen molar-refractivity contribution < 1.29 is 17.6 Å². The van der Waals surface area contributed by atoms with E-state index in [2.05, 4.69) is 4.98 Å². The van der Waals surface area contributed by atoms with Gasteiger partial charge in [0.25, 0.3) is 0 Å². The Kier molecular flexibility index (Phi) is 2.83. The monoisotopic (exact) mass is 241 g/mol. The molecular formula is C12H7F4N. The highest BCUT2D eigenvalue weighted by atomic mass is 19.4. The summed E-state index contributed by atoms with van der Waals surface area (Å²) < 4.78 is 50.8. The molecule has 5 heteroatoms. The number of benzene rings is 1. The summed E-state index contributed by atoms with van der Waals surface area (Å²) in [5.41, 5.74) is -0.595. The lowest BCUT2D eigenvalue weighted by molar-refractivity contribution is -0.137. The maximum absolute atomic E-state index is 13.4. The smallest absolute Gasteiger partial charge is 0.264 e. The van der Waals surface area contributed by atoms with Gasteiger partial charge in [0, 0.05) is 18.0 Å². The van der Waals surface area contributed by atoms with E-state index in [0.717, 1.165) is 18.2 Å². The minimum absolute atomic E-state index is 0.0543. The van der Waals surface area contributed by atoms with E-state index in [9.17, 15) is 17.6 Å². The van der Waals surface area contributed by atoms with E-state index in [1.165, 1.54) is 24.5 Å². The molecule has 0 aliphatic rings. The lowest BCUT2D eigenvalue weighted by Crippen LogP contribution is -2.04. The Morgan fingerprint density at radius 2 is 1.82 bits per heavy atom. The fourth-order valence-electron chi connectivity index (χ4n) is 1.45. The Morgan fingerprint density at radius 1 is 1.06 bits per heavy atom. The topological polar surface area (TPSA) is 12.9 Å². The first-order valence-electron chi connectivity index (χ1n) is 4.75. The van der Waals surface area contributed by atoms with Crippen LogP contribution in [0.4, 0.5) is 17.6 Å². The van der Waals surface area contributed by atoms with Crippen LogP contribution in [0.25, 0.3) is 11.1 Å². The summed E-state index contributed by atoms with van der Waals surface area (Å²) >= 11 is 0. The largest absolute Gasteiger partial charge is 0.416 e. The zero-order valence-electron chi connectivity index (χ0n) is 8.50. The van der Waals surface area contributed by atoms with Gasteiger partial charge in [0.1, 0.15) is 5.82 Å². The average molecular weight is 241 g/mol. The van der Waals surface area contributed by atoms with Crippen molar-refractivity contribution >= 4 is 0 Å². The minimum Gasteiger partial charge on any atom is -0.264 e. The molecule has 0 fully saturated rings. The molecule has 88 valence electrons. The van der Waals surface area contributed by atoms with Gasteiger partial charge in [-0.15, -0.1) is 0 Å². The molecular weight excluding hydrogens is 234 g/mol. The highest BCUT2D eigenvalue weighted by molar-refractivity contribution is 5.63. The Bertz CT molecular complexity index is 534. The predicted octanol–water partition coefficient (Wildman–Crippen LogP) is 3.91. The van der Waals surface area contributed by atoms with Crippen LogP contribution < -0.4 is 0 Å². The third kappa shape index (κ3) is 2.43. The van der Waals surface area contributed by atoms with Crippen molar-refractivity contribution in [2.45, 2.75) is 6.18 Å². The maximum atomic E-state index is 13.4. The Labute approximate surface area is 94.7 Å². The zero-order chi connectivity index (χ0) is 12.5. The maximum Gasteiger partial charge on any atom is 0.416 e. The van der Waals surface area contributed by atoms with Crippen LogP contribution in [0, 0.1) is 5.82 Å². The van der Waals surface area contributed by atoms with Crippen LogP contribution >= 0.6 is 0 Å². The van der Waals surface area contributed by atoms with Crippen molar-refractivity contribution in [2.75, 3.05) is 0 Å². The van der Waals surface area contributed by atoms with E-state index in [0.29, 0.717) is 0 Å². The molecule has 2 rings (SSSR count). The molecule has 0 aliphatic heterocycles. The second-order valence-electron chi connectivity index (χ2n) is 3.43. The van der Waals surface area contributed by atoms with Crippen molar-refractivity contribution in [3.8, 4) is 11.1 Å². The first-order valence-corrected chi connectivity index (χ1v) is 4.75. The van der Waals surface area contributed by atoms with Crippen molar-refractivity contribution in [3.05, 3.63) is 54.1 Å². The molecule has 17 heavy (non-hydrogen) atoms. The van der Waals surface area contributed by atoms with Crippen LogP contribution in [0.5, 0.6) is 0 Å². The standard InChI is InChI=1S/C12H7F4N/c13-11-4-5-17-7-10(11)8-2-1-3-9(6-8)12(14,15)16/h1-7H. The molecule has 2 aromatic rings. The molecule has 0 bridgehead atoms. The lowest BCUT2D eigenvalue weighted by Gasteiger charge is -2.08. The van der Waals surface area contributed by atoms with Crippen LogP contribution in [-0.2, 0) is 6.18 Å². The van der Waals surface area contributed by atoms with Gasteiger partial charge in [0.2, 0.25) is 0 Å². The number of hydrogen-bond donors (Lipinski definition) is 0. The third-order valence-corrected chi connectivity index (χ3v) is 2.27. The summed E-state index contributed by atoms with van der Waals surface area (Å²) in [6, 6.07) is 5.60. The number of pyridine rings is 1. The van der Waals surface area contributed by atoms with Gasteiger partial charge < -0.3 is 0 Å². The van der Waals surface area contributed by atoms with Crippen LogP contribution in [-0.4, -0.2) is 4.98 Å². The summed E-state index contributed by atoms with van der Waals surface area (Å²) in [7, 11) is 0. The summed E-state index contributed by atoms with van der Waals surface area (Å²) in [4.78, 5) is 3.69. The second-order valence-corrected chi connectivity index (χ2v) is 3.43. The highest BCUT2D eigenvalue weighted by Crippen LogP contribution is 2.32. The molecule has 1 aromatic heterocycles. The Morgan fingerprint density at radius 3 is 2.47 bits per heavy atom. The first-order chi connectivity index (χ1) is 7.98. The summed E-state index contributed by atoms with van der Waals surface area (Å²) in [5, 5.41) is 0. The summed E-state index contributed by atoms with van der Waals surface area (Å²) in [6.07, 6.45) is -1.99. The van der Waals surface area contributed by atoms with Gasteiger partial charge in [-0.3, -0.25) is 4.98 Å². The average Bonchev–Trinajstić information content (AvgIpc) is 2.29. The Balaban J connectivity index is 2.51. The van der Waals surface area contributed by atoms with E-state index in [-0.39, 0.29) is 11.1 Å². The first kappa shape index (κ1) is 11.6. The number of aromatic nitrogens is 1. The predicted molar refractivity (Wildman–Crippen MR) is 54.6 cm³/mol. The van der Waals surface area contributed by atoms with E-state index in [4.69, 9.17) is 0 Å². The van der Waals surface area contributed by atoms with Crippen molar-refractivity contribution in [1.82, 2.24) is 4.98 Å². The van der Waals surface area contributed by atoms with E-state index < -0.39 is 17.6 Å². The fraction of sp³-hybridized carbons (Fsp3) is 0.0833. The fourth-order valence-corrected chi connectivity index (χ4v) is 1.45. The number of nitrogens with zero attached hydrogens (tertiary/aromatic N) is 1. The second kappa shape index (κ2) is 4.16. The molecule has 0 aliphatic carbocycles. The SMILES string of the molecule is Fc1ccncc1-c1cccc(C(F)(F)F)c1. The minimum atomic E-state index is -4.44. The molecule has 0 saturated carbocycles. The van der Waals surface area contributed by atoms with Crippen LogP contribution in [0.15, 0.2) is 42.7 Å². The molecule has 0 saturated heterocycles. The number of alkyl halides is 3. The molecule has 0 N–H and O–H groups in total. The van der Waals surface area contributed by atoms with Gasteiger partial charge in [-0.2, -0.15) is 13.2 Å². The van der Waals surface area contributed by atoms with E-state index in [1.807, 2.05) is 0 Å². The van der Waals surface area contributed by atoms with Gasteiger partial charge in [-0.1, -0.05) is 12.1 Å². The summed E-state index contributed by atoms with van der Waals surface area (Å²) in [6.45, 7) is 0. The lowest BCUT2D eigenvalue weighted by atomic mass is 10.0. The summed E-state index contributed by atoms with van der Waals surface area (Å²) in [5.74, 6) is -0.598. The normalized spacial score (nSPS) is 11.5. The van der Waals surface area contributed by atoms with E-state index in [1.54, 1.807) is 0 Å². The van der Waals surface area contributed by atoms with Gasteiger partial charge in [0.15, 0.2) is 0 Å². The molecule has 0 radical (unpaired) electrons. The van der Waals surface area contributed by atoms with E-state index >= 15 is 0 Å². The highest BCUT2D eigenvalue weighted by Gasteiger charge is 2.30. The quantitative estimate of drug-likeness (QED) is 0.690. The zero-order valence-corrected chi connectivity index (χ0v) is 8.50. The molecule has 1 aromatic carbocycles. The molecule has 0 unspecified atom stereocenters. The Hall–Kier alpha value is -1.91. The molecule has 1 nitrogen and oxygen atoms in total. The third-order valence-electron chi connectivity index (χ3n) is 2.27.